The van der Waals surface area contributed by atoms with Gasteiger partial charge >= 0.3 is 11.9 Å². The molecule has 0 aliphatic rings. The maximum Gasteiger partial charge on any atom is 0.350 e. The third kappa shape index (κ3) is 4.60. The number of methoxy groups -OCH3 is 2. The number of thiophene rings is 2. The molecule has 38 heavy (non-hydrogen) atoms. The Morgan fingerprint density at radius 1 is 0.632 bits per heavy atom. The summed E-state index contributed by atoms with van der Waals surface area (Å²) in [4.78, 5) is 55.7. The van der Waals surface area contributed by atoms with Crippen LogP contribution in [-0.4, -0.2) is 43.0 Å². The Labute approximate surface area is 224 Å². The number of ether oxygens (including phenoxy) is 2. The van der Waals surface area contributed by atoms with Gasteiger partial charge in [-0.15, -0.1) is 22.7 Å². The second kappa shape index (κ2) is 10.4. The molecule has 0 fully saturated rings. The number of hydrogen-bond acceptors (Lipinski definition) is 9. The Morgan fingerprint density at radius 2 is 1.05 bits per heavy atom. The van der Waals surface area contributed by atoms with Crippen LogP contribution in [0.2, 0.25) is 0 Å². The topological polar surface area (TPSA) is 124 Å². The zero-order valence-electron chi connectivity index (χ0n) is 20.1. The molecule has 190 valence electrons. The van der Waals surface area contributed by atoms with E-state index in [1.807, 2.05) is 24.3 Å². The summed E-state index contributed by atoms with van der Waals surface area (Å²) in [6, 6.07) is 18.9. The highest BCUT2D eigenvalue weighted by atomic mass is 32.1. The number of fused-ring (bicyclic) bond motifs is 2. The zero-order chi connectivity index (χ0) is 26.8. The van der Waals surface area contributed by atoms with Crippen molar-refractivity contribution in [1.82, 2.24) is 4.98 Å². The predicted octanol–water partition coefficient (Wildman–Crippen LogP) is 5.59. The van der Waals surface area contributed by atoms with Gasteiger partial charge in [-0.25, -0.2) is 14.6 Å². The molecule has 2 N–H and O–H groups in total. The number of rotatable bonds is 6. The highest BCUT2D eigenvalue weighted by Crippen LogP contribution is 2.37. The van der Waals surface area contributed by atoms with Crippen LogP contribution in [0.25, 0.3) is 20.2 Å². The third-order valence-corrected chi connectivity index (χ3v) is 7.93. The quantitative estimate of drug-likeness (QED) is 0.267. The van der Waals surface area contributed by atoms with E-state index in [1.54, 1.807) is 24.3 Å². The maximum atomic E-state index is 13.2. The Hall–Kier alpha value is -4.61. The molecule has 0 saturated heterocycles. The van der Waals surface area contributed by atoms with Crippen LogP contribution in [0.4, 0.5) is 11.4 Å². The van der Waals surface area contributed by atoms with Gasteiger partial charge in [0.2, 0.25) is 0 Å². The lowest BCUT2D eigenvalue weighted by Gasteiger charge is -2.09. The normalized spacial score (nSPS) is 10.8. The maximum absolute atomic E-state index is 13.2. The van der Waals surface area contributed by atoms with Crippen LogP contribution in [0, 0.1) is 0 Å². The third-order valence-electron chi connectivity index (χ3n) is 5.62. The van der Waals surface area contributed by atoms with Crippen LogP contribution in [-0.2, 0) is 9.47 Å². The van der Waals surface area contributed by atoms with Crippen LogP contribution >= 0.6 is 22.7 Å². The number of carbonyl (C=O) groups is 4. The van der Waals surface area contributed by atoms with E-state index in [0.717, 1.165) is 9.40 Å². The number of amides is 2. The molecule has 0 spiro atoms. The van der Waals surface area contributed by atoms with Gasteiger partial charge in [-0.1, -0.05) is 42.5 Å². The first-order valence-electron chi connectivity index (χ1n) is 11.2. The van der Waals surface area contributed by atoms with Gasteiger partial charge in [-0.2, -0.15) is 0 Å². The van der Waals surface area contributed by atoms with Gasteiger partial charge in [0.25, 0.3) is 11.8 Å². The van der Waals surface area contributed by atoms with Crippen LogP contribution in [0.1, 0.15) is 40.3 Å². The average Bonchev–Trinajstić information content (AvgIpc) is 3.50. The van der Waals surface area contributed by atoms with E-state index >= 15 is 0 Å². The van der Waals surface area contributed by atoms with E-state index < -0.39 is 23.8 Å². The fraction of sp³-hybridized carbons (Fsp3) is 0.0741. The largest absolute Gasteiger partial charge is 0.465 e. The van der Waals surface area contributed by atoms with Crippen LogP contribution in [0.3, 0.4) is 0 Å². The minimum Gasteiger partial charge on any atom is -0.465 e. The summed E-state index contributed by atoms with van der Waals surface area (Å²) in [7, 11) is 2.54. The number of esters is 2. The van der Waals surface area contributed by atoms with E-state index in [2.05, 4.69) is 15.6 Å². The second-order valence-electron chi connectivity index (χ2n) is 7.90. The monoisotopic (exact) mass is 545 g/mol. The first kappa shape index (κ1) is 25.1. The van der Waals surface area contributed by atoms with Gasteiger partial charge in [0.05, 0.1) is 25.6 Å². The van der Waals surface area contributed by atoms with Gasteiger partial charge in [-0.05, 0) is 24.3 Å². The minimum atomic E-state index is -0.607. The minimum absolute atomic E-state index is 0.0351. The lowest BCUT2D eigenvalue weighted by molar-refractivity contribution is 0.0598. The molecule has 0 bridgehead atoms. The fourth-order valence-electron chi connectivity index (χ4n) is 3.85. The summed E-state index contributed by atoms with van der Waals surface area (Å²) in [5.74, 6) is -2.37. The summed E-state index contributed by atoms with van der Waals surface area (Å²) >= 11 is 2.40. The predicted molar refractivity (Wildman–Crippen MR) is 146 cm³/mol. The standard InChI is InChI=1S/C27H19N3O6S2/c1-35-26(33)22-20(14-8-3-5-12-18(14)37-22)29-24(31)16-10-7-11-17(28-16)25(32)30-21-15-9-4-6-13-19(15)38-23(21)27(34)36-2/h3-13H,1-2H3,(H,29,31)(H,30,32). The van der Waals surface area contributed by atoms with Crippen molar-refractivity contribution in [3.8, 4) is 0 Å². The van der Waals surface area contributed by atoms with E-state index in [9.17, 15) is 19.2 Å². The van der Waals surface area contributed by atoms with Crippen LogP contribution in [0.15, 0.2) is 66.7 Å². The number of anilines is 2. The molecule has 0 atom stereocenters. The van der Waals surface area contributed by atoms with Crippen molar-refractivity contribution in [3.63, 3.8) is 0 Å². The zero-order valence-corrected chi connectivity index (χ0v) is 21.7. The van der Waals surface area contributed by atoms with Crippen molar-refractivity contribution >= 4 is 78.0 Å². The Kier molecular flexibility index (Phi) is 6.86. The molecular weight excluding hydrogens is 526 g/mol. The summed E-state index contributed by atoms with van der Waals surface area (Å²) in [5.41, 5.74) is 0.553. The van der Waals surface area contributed by atoms with Crippen LogP contribution in [0.5, 0.6) is 0 Å². The van der Waals surface area contributed by atoms with Crippen molar-refractivity contribution in [2.24, 2.45) is 0 Å². The molecule has 0 aliphatic heterocycles. The van der Waals surface area contributed by atoms with Crippen molar-refractivity contribution in [2.45, 2.75) is 0 Å². The highest BCUT2D eigenvalue weighted by molar-refractivity contribution is 7.22. The molecule has 5 aromatic rings. The summed E-state index contributed by atoms with van der Waals surface area (Å²) in [6.45, 7) is 0. The smallest absolute Gasteiger partial charge is 0.350 e. The van der Waals surface area contributed by atoms with E-state index in [1.165, 1.54) is 55.1 Å². The number of pyridine rings is 1. The van der Waals surface area contributed by atoms with Gasteiger partial charge in [0.1, 0.15) is 21.1 Å². The molecule has 2 aromatic carbocycles. The first-order chi connectivity index (χ1) is 18.4. The number of carbonyl (C=O) groups excluding carboxylic acids is 4. The molecule has 2 amide bonds. The molecule has 0 unspecified atom stereocenters. The molecule has 3 heterocycles. The lowest BCUT2D eigenvalue weighted by atomic mass is 10.2. The van der Waals surface area contributed by atoms with E-state index in [4.69, 9.17) is 9.47 Å². The Morgan fingerprint density at radius 3 is 1.47 bits per heavy atom. The number of benzene rings is 2. The lowest BCUT2D eigenvalue weighted by Crippen LogP contribution is -2.19. The van der Waals surface area contributed by atoms with Crippen molar-refractivity contribution in [2.75, 3.05) is 24.9 Å². The molecule has 9 nitrogen and oxygen atoms in total. The van der Waals surface area contributed by atoms with E-state index in [0.29, 0.717) is 22.1 Å². The summed E-state index contributed by atoms with van der Waals surface area (Å²) in [6.07, 6.45) is 0. The van der Waals surface area contributed by atoms with E-state index in [-0.39, 0.29) is 21.1 Å². The molecule has 0 aliphatic carbocycles. The van der Waals surface area contributed by atoms with Gasteiger partial charge in [0, 0.05) is 20.2 Å². The molecule has 0 saturated carbocycles. The van der Waals surface area contributed by atoms with Gasteiger partial charge in [-0.3, -0.25) is 9.59 Å². The van der Waals surface area contributed by atoms with Gasteiger partial charge in [0.15, 0.2) is 0 Å². The first-order valence-corrected chi connectivity index (χ1v) is 12.8. The average molecular weight is 546 g/mol. The number of aromatic nitrogens is 1. The second-order valence-corrected chi connectivity index (χ2v) is 10.0. The molecule has 0 radical (unpaired) electrons. The summed E-state index contributed by atoms with van der Waals surface area (Å²) in [5, 5.41) is 6.86. The van der Waals surface area contributed by atoms with Crippen molar-refractivity contribution in [1.29, 1.82) is 0 Å². The SMILES string of the molecule is COC(=O)c1sc2ccccc2c1NC(=O)c1cccc(C(=O)Nc2c(C(=O)OC)sc3ccccc23)n1. The van der Waals surface area contributed by atoms with Crippen molar-refractivity contribution in [3.05, 3.63) is 87.9 Å². The van der Waals surface area contributed by atoms with Crippen LogP contribution < -0.4 is 10.6 Å². The number of hydrogen-bond donors (Lipinski definition) is 2. The molecule has 3 aromatic heterocycles. The Bertz CT molecular complexity index is 1620. The number of nitrogens with one attached hydrogen (secondary N) is 2. The number of nitrogens with zero attached hydrogens (tertiary/aromatic N) is 1. The fourth-order valence-corrected chi connectivity index (χ4v) is 6.01. The molecule has 5 rings (SSSR count). The van der Waals surface area contributed by atoms with Gasteiger partial charge < -0.3 is 20.1 Å². The summed E-state index contributed by atoms with van der Waals surface area (Å²) < 4.78 is 11.4. The molecule has 11 heteroatoms. The van der Waals surface area contributed by atoms with Crippen molar-refractivity contribution < 1.29 is 28.7 Å². The Balaban J connectivity index is 1.44. The molecular formula is C27H19N3O6S2. The highest BCUT2D eigenvalue weighted by Gasteiger charge is 2.24.